The van der Waals surface area contributed by atoms with Gasteiger partial charge in [-0.2, -0.15) is 0 Å². The fraction of sp³-hybridized carbons (Fsp3) is 0.562. The molecule has 1 aliphatic carbocycles. The molecule has 0 aromatic heterocycles. The van der Waals surface area contributed by atoms with Crippen LogP contribution in [-0.4, -0.2) is 25.7 Å². The Hall–Kier alpha value is -1.36. The van der Waals surface area contributed by atoms with Crippen LogP contribution in [0.15, 0.2) is 35.2 Å². The molecule has 0 saturated heterocycles. The van der Waals surface area contributed by atoms with Gasteiger partial charge >= 0.3 is 5.97 Å². The highest BCUT2D eigenvalue weighted by molar-refractivity contribution is 7.93. The average Bonchev–Trinajstić information content (AvgIpc) is 2.48. The van der Waals surface area contributed by atoms with E-state index in [-0.39, 0.29) is 17.4 Å². The van der Waals surface area contributed by atoms with Gasteiger partial charge in [-0.3, -0.25) is 4.79 Å². The van der Waals surface area contributed by atoms with Crippen molar-refractivity contribution in [2.45, 2.75) is 49.2 Å². The first-order valence-electron chi connectivity index (χ1n) is 7.43. The number of ether oxygens (including phenoxy) is 1. The van der Waals surface area contributed by atoms with Gasteiger partial charge in [-0.05, 0) is 37.8 Å². The monoisotopic (exact) mass is 310 g/mol. The second kappa shape index (κ2) is 6.18. The number of rotatable bonds is 4. The Balaban J connectivity index is 2.57. The van der Waals surface area contributed by atoms with Gasteiger partial charge in [0.1, 0.15) is 0 Å². The van der Waals surface area contributed by atoms with Crippen molar-refractivity contribution in [2.24, 2.45) is 5.92 Å². The van der Waals surface area contributed by atoms with Gasteiger partial charge < -0.3 is 4.74 Å². The van der Waals surface area contributed by atoms with Crippen LogP contribution in [0.25, 0.3) is 0 Å². The van der Waals surface area contributed by atoms with E-state index in [1.807, 2.05) is 6.92 Å². The van der Waals surface area contributed by atoms with Gasteiger partial charge in [0.15, 0.2) is 14.6 Å². The summed E-state index contributed by atoms with van der Waals surface area (Å²) in [4.78, 5) is 12.7. The minimum Gasteiger partial charge on any atom is -0.465 e. The van der Waals surface area contributed by atoms with Crippen LogP contribution in [-0.2, 0) is 19.4 Å². The molecular weight excluding hydrogens is 288 g/mol. The fourth-order valence-corrected chi connectivity index (χ4v) is 5.47. The van der Waals surface area contributed by atoms with Crippen LogP contribution in [0.5, 0.6) is 0 Å². The molecule has 116 valence electrons. The van der Waals surface area contributed by atoms with Crippen molar-refractivity contribution in [3.8, 4) is 0 Å². The summed E-state index contributed by atoms with van der Waals surface area (Å²) in [5, 5.41) is 0. The lowest BCUT2D eigenvalue weighted by molar-refractivity contribution is -0.148. The van der Waals surface area contributed by atoms with Crippen molar-refractivity contribution < 1.29 is 17.9 Å². The molecule has 0 aliphatic heterocycles. The summed E-state index contributed by atoms with van der Waals surface area (Å²) in [7, 11) is -3.77. The predicted molar refractivity (Wildman–Crippen MR) is 80.6 cm³/mol. The van der Waals surface area contributed by atoms with Gasteiger partial charge in [0, 0.05) is 0 Å². The molecule has 0 amide bonds. The van der Waals surface area contributed by atoms with Gasteiger partial charge in [0.05, 0.1) is 11.5 Å². The van der Waals surface area contributed by atoms with Crippen LogP contribution in [0.1, 0.15) is 39.5 Å². The Morgan fingerprint density at radius 1 is 1.29 bits per heavy atom. The van der Waals surface area contributed by atoms with E-state index in [2.05, 4.69) is 0 Å². The lowest BCUT2D eigenvalue weighted by atomic mass is 9.79. The maximum Gasteiger partial charge on any atom is 0.328 e. The molecule has 1 aromatic rings. The molecule has 0 bridgehead atoms. The van der Waals surface area contributed by atoms with Crippen LogP contribution >= 0.6 is 0 Å². The highest BCUT2D eigenvalue weighted by Gasteiger charge is 2.56. The molecule has 2 rings (SSSR count). The van der Waals surface area contributed by atoms with Gasteiger partial charge in [0.2, 0.25) is 0 Å². The van der Waals surface area contributed by atoms with Crippen molar-refractivity contribution in [1.82, 2.24) is 0 Å². The predicted octanol–water partition coefficient (Wildman–Crippen LogP) is 2.97. The maximum atomic E-state index is 13.1. The van der Waals surface area contributed by atoms with Gasteiger partial charge in [-0.15, -0.1) is 0 Å². The first-order chi connectivity index (χ1) is 9.96. The molecule has 21 heavy (non-hydrogen) atoms. The number of benzene rings is 1. The van der Waals surface area contributed by atoms with E-state index in [9.17, 15) is 13.2 Å². The lowest BCUT2D eigenvalue weighted by Gasteiger charge is -2.39. The molecule has 1 aromatic carbocycles. The second-order valence-corrected chi connectivity index (χ2v) is 7.78. The third kappa shape index (κ3) is 2.59. The Labute approximate surface area is 126 Å². The van der Waals surface area contributed by atoms with Gasteiger partial charge in [-0.25, -0.2) is 8.42 Å². The summed E-state index contributed by atoms with van der Waals surface area (Å²) >= 11 is 0. The lowest BCUT2D eigenvalue weighted by Crippen LogP contribution is -2.54. The molecule has 0 N–H and O–H groups in total. The highest BCUT2D eigenvalue weighted by atomic mass is 32.2. The van der Waals surface area contributed by atoms with Crippen molar-refractivity contribution in [1.29, 1.82) is 0 Å². The van der Waals surface area contributed by atoms with Crippen LogP contribution in [0, 0.1) is 5.92 Å². The molecule has 4 nitrogen and oxygen atoms in total. The zero-order chi connectivity index (χ0) is 15.5. The zero-order valence-corrected chi connectivity index (χ0v) is 13.4. The molecule has 1 fully saturated rings. The van der Waals surface area contributed by atoms with Crippen molar-refractivity contribution in [3.63, 3.8) is 0 Å². The maximum absolute atomic E-state index is 13.1. The molecule has 0 spiro atoms. The van der Waals surface area contributed by atoms with Gasteiger partial charge in [0.25, 0.3) is 0 Å². The Kier molecular flexibility index (Phi) is 4.71. The van der Waals surface area contributed by atoms with E-state index in [0.717, 1.165) is 19.3 Å². The number of esters is 1. The summed E-state index contributed by atoms with van der Waals surface area (Å²) in [6.45, 7) is 3.74. The molecule has 2 atom stereocenters. The minimum absolute atomic E-state index is 0.192. The van der Waals surface area contributed by atoms with E-state index in [4.69, 9.17) is 4.74 Å². The second-order valence-electron chi connectivity index (χ2n) is 5.57. The molecule has 2 unspecified atom stereocenters. The van der Waals surface area contributed by atoms with Crippen LogP contribution in [0.2, 0.25) is 0 Å². The van der Waals surface area contributed by atoms with Crippen molar-refractivity contribution in [3.05, 3.63) is 30.3 Å². The number of sulfone groups is 1. The largest absolute Gasteiger partial charge is 0.465 e. The number of carbonyl (C=O) groups is 1. The van der Waals surface area contributed by atoms with Crippen LogP contribution in [0.4, 0.5) is 0 Å². The van der Waals surface area contributed by atoms with Crippen LogP contribution in [0.3, 0.4) is 0 Å². The molecule has 1 saturated carbocycles. The molecule has 1 aliphatic rings. The smallest absolute Gasteiger partial charge is 0.328 e. The quantitative estimate of drug-likeness (QED) is 0.802. The first kappa shape index (κ1) is 16.0. The Morgan fingerprint density at radius 2 is 1.95 bits per heavy atom. The average molecular weight is 310 g/mol. The molecule has 0 heterocycles. The van der Waals surface area contributed by atoms with E-state index < -0.39 is 20.6 Å². The summed E-state index contributed by atoms with van der Waals surface area (Å²) in [5.74, 6) is -0.837. The number of hydrogen-bond donors (Lipinski definition) is 0. The zero-order valence-electron chi connectivity index (χ0n) is 12.5. The Morgan fingerprint density at radius 3 is 2.52 bits per heavy atom. The normalized spacial score (nSPS) is 26.3. The summed E-state index contributed by atoms with van der Waals surface area (Å²) in [6, 6.07) is 8.23. The third-order valence-corrected chi connectivity index (χ3v) is 7.01. The Bertz CT molecular complexity index is 594. The summed E-state index contributed by atoms with van der Waals surface area (Å²) < 4.78 is 30.0. The number of carbonyl (C=O) groups excluding carboxylic acids is 1. The van der Waals surface area contributed by atoms with E-state index in [1.165, 1.54) is 0 Å². The highest BCUT2D eigenvalue weighted by Crippen LogP contribution is 2.43. The minimum atomic E-state index is -3.77. The first-order valence-corrected chi connectivity index (χ1v) is 8.92. The van der Waals surface area contributed by atoms with Crippen LogP contribution < -0.4 is 0 Å². The van der Waals surface area contributed by atoms with Gasteiger partial charge in [-0.1, -0.05) is 38.0 Å². The standard InChI is InChI=1S/C16H22O4S/c1-3-20-15(17)16(12-8-7-9-13(16)2)21(18,19)14-10-5-4-6-11-14/h4-6,10-11,13H,3,7-9,12H2,1-2H3. The van der Waals surface area contributed by atoms with Crippen molar-refractivity contribution >= 4 is 15.8 Å². The third-order valence-electron chi connectivity index (χ3n) is 4.39. The van der Waals surface area contributed by atoms with E-state index >= 15 is 0 Å². The molecule has 5 heteroatoms. The summed E-state index contributed by atoms with van der Waals surface area (Å²) in [5.41, 5.74) is 0. The van der Waals surface area contributed by atoms with Crippen molar-refractivity contribution in [2.75, 3.05) is 6.61 Å². The topological polar surface area (TPSA) is 60.4 Å². The van der Waals surface area contributed by atoms with E-state index in [1.54, 1.807) is 37.3 Å². The number of hydrogen-bond acceptors (Lipinski definition) is 4. The van der Waals surface area contributed by atoms with E-state index in [0.29, 0.717) is 6.42 Å². The SMILES string of the molecule is CCOC(=O)C1(S(=O)(=O)c2ccccc2)CCCCC1C. The molecule has 0 radical (unpaired) electrons. The summed E-state index contributed by atoms with van der Waals surface area (Å²) in [6.07, 6.45) is 2.75. The fourth-order valence-electron chi connectivity index (χ4n) is 3.19. The molecular formula is C16H22O4S.